The van der Waals surface area contributed by atoms with Gasteiger partial charge in [0.25, 0.3) is 0 Å². The van der Waals surface area contributed by atoms with Crippen LogP contribution in [0.5, 0.6) is 0 Å². The van der Waals surface area contributed by atoms with Crippen molar-refractivity contribution in [1.29, 1.82) is 0 Å². The zero-order valence-electron chi connectivity index (χ0n) is 15.9. The standard InChI is InChI=1S/C20H35N3/c1-7-10-11-22-17(5)20(19(9-3)16(4)8-2)18(6)23-14-12-21-13-15-23/h9-11,16,21H,7-8,12-15H2,1-6H3/b11-10+,19-9-,20-18-,22-17-. The van der Waals surface area contributed by atoms with E-state index < -0.39 is 0 Å². The fraction of sp³-hybridized carbons (Fsp3) is 0.650. The number of piperazine rings is 1. The van der Waals surface area contributed by atoms with Crippen LogP contribution in [0.4, 0.5) is 0 Å². The fourth-order valence-corrected chi connectivity index (χ4v) is 3.07. The van der Waals surface area contributed by atoms with Gasteiger partial charge in [-0.2, -0.15) is 0 Å². The predicted molar refractivity (Wildman–Crippen MR) is 103 cm³/mol. The van der Waals surface area contributed by atoms with Crippen LogP contribution in [0.3, 0.4) is 0 Å². The van der Waals surface area contributed by atoms with E-state index in [1.165, 1.54) is 16.8 Å². The van der Waals surface area contributed by atoms with Crippen LogP contribution >= 0.6 is 0 Å². The summed E-state index contributed by atoms with van der Waals surface area (Å²) in [7, 11) is 0. The van der Waals surface area contributed by atoms with Crippen molar-refractivity contribution in [3.63, 3.8) is 0 Å². The molecule has 0 aromatic rings. The highest BCUT2D eigenvalue weighted by Gasteiger charge is 2.20. The molecule has 1 aliphatic heterocycles. The Morgan fingerprint density at radius 1 is 1.22 bits per heavy atom. The largest absolute Gasteiger partial charge is 0.372 e. The first-order valence-electron chi connectivity index (χ1n) is 9.09. The van der Waals surface area contributed by atoms with Crippen molar-refractivity contribution in [3.8, 4) is 0 Å². The normalized spacial score (nSPS) is 20.0. The molecule has 1 rings (SSSR count). The Balaban J connectivity index is 3.28. The number of allylic oxidation sites excluding steroid dienone is 5. The van der Waals surface area contributed by atoms with Gasteiger partial charge >= 0.3 is 0 Å². The van der Waals surface area contributed by atoms with E-state index in [0.717, 1.165) is 44.7 Å². The van der Waals surface area contributed by atoms with Crippen LogP contribution < -0.4 is 5.32 Å². The van der Waals surface area contributed by atoms with Crippen LogP contribution in [0.2, 0.25) is 0 Å². The van der Waals surface area contributed by atoms with Gasteiger partial charge in [0.1, 0.15) is 0 Å². The molecule has 0 bridgehead atoms. The lowest BCUT2D eigenvalue weighted by Gasteiger charge is -2.33. The lowest BCUT2D eigenvalue weighted by molar-refractivity contribution is 0.298. The first kappa shape index (κ1) is 19.7. The minimum absolute atomic E-state index is 0.549. The van der Waals surface area contributed by atoms with Crippen molar-refractivity contribution in [2.75, 3.05) is 26.2 Å². The lowest BCUT2D eigenvalue weighted by Crippen LogP contribution is -2.43. The Morgan fingerprint density at radius 2 is 1.87 bits per heavy atom. The molecule has 0 aromatic heterocycles. The number of aliphatic imine (C=N–C) groups is 1. The molecule has 0 aliphatic carbocycles. The Kier molecular flexibility index (Phi) is 8.93. The molecule has 1 saturated heterocycles. The Bertz CT molecular complexity index is 477. The zero-order valence-corrected chi connectivity index (χ0v) is 15.9. The molecule has 3 heteroatoms. The van der Waals surface area contributed by atoms with Crippen LogP contribution in [0.15, 0.2) is 40.2 Å². The third-order valence-corrected chi connectivity index (χ3v) is 4.67. The van der Waals surface area contributed by atoms with Gasteiger partial charge in [-0.3, -0.25) is 4.99 Å². The maximum absolute atomic E-state index is 4.71. The highest BCUT2D eigenvalue weighted by atomic mass is 15.2. The van der Waals surface area contributed by atoms with Crippen LogP contribution in [0.25, 0.3) is 0 Å². The van der Waals surface area contributed by atoms with Gasteiger partial charge in [-0.05, 0) is 45.1 Å². The zero-order chi connectivity index (χ0) is 17.2. The number of rotatable bonds is 7. The van der Waals surface area contributed by atoms with E-state index in [9.17, 15) is 0 Å². The van der Waals surface area contributed by atoms with Gasteiger partial charge < -0.3 is 10.2 Å². The molecule has 1 atom stereocenters. The van der Waals surface area contributed by atoms with E-state index in [1.54, 1.807) is 0 Å². The van der Waals surface area contributed by atoms with Crippen molar-refractivity contribution in [1.82, 2.24) is 10.2 Å². The second-order valence-electron chi connectivity index (χ2n) is 6.26. The second kappa shape index (κ2) is 10.4. The minimum Gasteiger partial charge on any atom is -0.372 e. The molecule has 0 saturated carbocycles. The Hall–Kier alpha value is -1.35. The van der Waals surface area contributed by atoms with E-state index in [1.807, 2.05) is 6.20 Å². The van der Waals surface area contributed by atoms with Crippen LogP contribution in [0.1, 0.15) is 54.4 Å². The summed E-state index contributed by atoms with van der Waals surface area (Å²) in [5.74, 6) is 0.549. The molecule has 3 nitrogen and oxygen atoms in total. The first-order chi connectivity index (χ1) is 11.1. The first-order valence-corrected chi connectivity index (χ1v) is 9.09. The smallest absolute Gasteiger partial charge is 0.0464 e. The summed E-state index contributed by atoms with van der Waals surface area (Å²) < 4.78 is 0. The molecule has 0 spiro atoms. The second-order valence-corrected chi connectivity index (χ2v) is 6.26. The monoisotopic (exact) mass is 317 g/mol. The number of hydrogen-bond acceptors (Lipinski definition) is 3. The topological polar surface area (TPSA) is 27.6 Å². The van der Waals surface area contributed by atoms with Crippen LogP contribution in [0, 0.1) is 5.92 Å². The molecule has 130 valence electrons. The summed E-state index contributed by atoms with van der Waals surface area (Å²) in [5.41, 5.74) is 5.25. The lowest BCUT2D eigenvalue weighted by atomic mass is 9.87. The predicted octanol–water partition coefficient (Wildman–Crippen LogP) is 4.54. The third kappa shape index (κ3) is 5.65. The molecule has 1 heterocycles. The van der Waals surface area contributed by atoms with Crippen molar-refractivity contribution < 1.29 is 0 Å². The Labute approximate surface area is 143 Å². The Morgan fingerprint density at radius 3 is 2.39 bits per heavy atom. The van der Waals surface area contributed by atoms with E-state index in [2.05, 4.69) is 63.9 Å². The van der Waals surface area contributed by atoms with Gasteiger partial charge in [-0.25, -0.2) is 0 Å². The van der Waals surface area contributed by atoms with Gasteiger partial charge in [0.05, 0.1) is 0 Å². The molecule has 1 aliphatic rings. The fourth-order valence-electron chi connectivity index (χ4n) is 3.07. The molecule has 1 unspecified atom stereocenters. The van der Waals surface area contributed by atoms with E-state index in [-0.39, 0.29) is 0 Å². The van der Waals surface area contributed by atoms with Gasteiger partial charge in [0, 0.05) is 49.4 Å². The highest BCUT2D eigenvalue weighted by Crippen LogP contribution is 2.28. The average Bonchev–Trinajstić information content (AvgIpc) is 2.59. The molecule has 23 heavy (non-hydrogen) atoms. The van der Waals surface area contributed by atoms with Crippen LogP contribution in [-0.2, 0) is 0 Å². The maximum atomic E-state index is 4.71. The third-order valence-electron chi connectivity index (χ3n) is 4.67. The van der Waals surface area contributed by atoms with Gasteiger partial charge in [0.15, 0.2) is 0 Å². The molecular formula is C20H35N3. The van der Waals surface area contributed by atoms with Gasteiger partial charge in [0.2, 0.25) is 0 Å². The summed E-state index contributed by atoms with van der Waals surface area (Å²) >= 11 is 0. The van der Waals surface area contributed by atoms with E-state index in [0.29, 0.717) is 5.92 Å². The van der Waals surface area contributed by atoms with Crippen LogP contribution in [-0.4, -0.2) is 36.8 Å². The maximum Gasteiger partial charge on any atom is 0.0464 e. The van der Waals surface area contributed by atoms with Crippen molar-refractivity contribution in [3.05, 3.63) is 35.2 Å². The summed E-state index contributed by atoms with van der Waals surface area (Å²) in [4.78, 5) is 7.21. The van der Waals surface area contributed by atoms with Crippen molar-refractivity contribution in [2.24, 2.45) is 10.9 Å². The molecular weight excluding hydrogens is 282 g/mol. The molecule has 1 fully saturated rings. The summed E-state index contributed by atoms with van der Waals surface area (Å²) in [5, 5.41) is 3.44. The number of nitrogens with zero attached hydrogens (tertiary/aromatic N) is 2. The average molecular weight is 318 g/mol. The van der Waals surface area contributed by atoms with E-state index in [4.69, 9.17) is 4.99 Å². The van der Waals surface area contributed by atoms with Crippen molar-refractivity contribution in [2.45, 2.75) is 54.4 Å². The molecule has 1 N–H and O–H groups in total. The van der Waals surface area contributed by atoms with Gasteiger partial charge in [-0.1, -0.05) is 32.9 Å². The molecule has 0 aromatic carbocycles. The van der Waals surface area contributed by atoms with Gasteiger partial charge in [-0.15, -0.1) is 0 Å². The van der Waals surface area contributed by atoms with Crippen molar-refractivity contribution >= 4 is 5.71 Å². The summed E-state index contributed by atoms with van der Waals surface area (Å²) in [6, 6.07) is 0. The SMILES string of the molecule is C\C=C(C(/C(C)=N\C=C\CC)=C(/C)N1CCNCC1)\C(C)CC. The summed E-state index contributed by atoms with van der Waals surface area (Å²) in [6.45, 7) is 17.5. The number of hydrogen-bond donors (Lipinski definition) is 1. The number of nitrogens with one attached hydrogen (secondary N) is 1. The quantitative estimate of drug-likeness (QED) is 0.551. The summed E-state index contributed by atoms with van der Waals surface area (Å²) in [6.07, 6.45) is 8.51. The molecule has 0 amide bonds. The highest BCUT2D eigenvalue weighted by molar-refractivity contribution is 6.03. The minimum atomic E-state index is 0.549. The van der Waals surface area contributed by atoms with E-state index >= 15 is 0 Å². The molecule has 0 radical (unpaired) electrons.